The molecule has 2 heterocycles. The van der Waals surface area contributed by atoms with Gasteiger partial charge in [-0.15, -0.1) is 0 Å². The Labute approximate surface area is 167 Å². The molecule has 0 aliphatic heterocycles. The monoisotopic (exact) mass is 364 g/mol. The first kappa shape index (κ1) is 18.1. The normalized spacial score (nSPS) is 10.9. The Morgan fingerprint density at radius 1 is 0.464 bits per heavy atom. The fraction of sp³-hybridized carbons (Fsp3) is 0.154. The predicted octanol–water partition coefficient (Wildman–Crippen LogP) is 6.71. The van der Waals surface area contributed by atoms with E-state index in [1.807, 2.05) is 13.8 Å². The fourth-order valence-corrected chi connectivity index (χ4v) is 3.58. The minimum absolute atomic E-state index is 0.911. The number of nitrogens with zero attached hydrogens (tertiary/aromatic N) is 2. The van der Waals surface area contributed by atoms with Crippen LogP contribution in [0, 0.1) is 27.7 Å². The van der Waals surface area contributed by atoms with Crippen molar-refractivity contribution in [2.45, 2.75) is 27.7 Å². The van der Waals surface area contributed by atoms with Gasteiger partial charge in [0.05, 0.1) is 11.4 Å². The van der Waals surface area contributed by atoms with Gasteiger partial charge in [-0.05, 0) is 74.2 Å². The van der Waals surface area contributed by atoms with E-state index in [0.717, 1.165) is 22.8 Å². The van der Waals surface area contributed by atoms with E-state index in [-0.39, 0.29) is 0 Å². The minimum Gasteiger partial charge on any atom is -0.251 e. The van der Waals surface area contributed by atoms with Crippen LogP contribution in [-0.2, 0) is 0 Å². The molecule has 0 saturated carbocycles. The molecule has 0 saturated heterocycles. The standard InChI is InChI=1S/C26H24N2/c1-17-7-5-9-21(11-17)23-13-19(3)27-25(15-23)26-16-24(14-20(4)28-26)22-10-6-8-18(2)12-22/h5-16H,1-4H3. The van der Waals surface area contributed by atoms with Crippen molar-refractivity contribution in [3.05, 3.63) is 95.3 Å². The molecule has 0 atom stereocenters. The first-order valence-corrected chi connectivity index (χ1v) is 9.60. The number of pyridine rings is 2. The highest BCUT2D eigenvalue weighted by atomic mass is 14.8. The van der Waals surface area contributed by atoms with E-state index >= 15 is 0 Å². The van der Waals surface area contributed by atoms with Crippen LogP contribution in [0.15, 0.2) is 72.8 Å². The number of hydrogen-bond donors (Lipinski definition) is 0. The van der Waals surface area contributed by atoms with Crippen molar-refractivity contribution in [1.82, 2.24) is 9.97 Å². The third-order valence-electron chi connectivity index (χ3n) is 4.87. The van der Waals surface area contributed by atoms with E-state index in [1.165, 1.54) is 33.4 Å². The molecule has 2 aromatic heterocycles. The maximum Gasteiger partial charge on any atom is 0.0895 e. The molecule has 2 aromatic carbocycles. The molecular formula is C26H24N2. The Bertz CT molecular complexity index is 1070. The van der Waals surface area contributed by atoms with Gasteiger partial charge in [0.25, 0.3) is 0 Å². The Balaban J connectivity index is 1.83. The molecule has 0 spiro atoms. The third-order valence-corrected chi connectivity index (χ3v) is 4.87. The molecule has 2 nitrogen and oxygen atoms in total. The van der Waals surface area contributed by atoms with Crippen LogP contribution in [0.4, 0.5) is 0 Å². The zero-order valence-electron chi connectivity index (χ0n) is 16.8. The zero-order valence-corrected chi connectivity index (χ0v) is 16.8. The number of benzene rings is 2. The van der Waals surface area contributed by atoms with Crippen LogP contribution < -0.4 is 0 Å². The summed E-state index contributed by atoms with van der Waals surface area (Å²) in [5.41, 5.74) is 11.1. The molecule has 28 heavy (non-hydrogen) atoms. The Hall–Kier alpha value is -3.26. The Morgan fingerprint density at radius 3 is 1.29 bits per heavy atom. The number of aromatic nitrogens is 2. The zero-order chi connectivity index (χ0) is 19.7. The molecule has 0 N–H and O–H groups in total. The van der Waals surface area contributed by atoms with Gasteiger partial charge in [0.2, 0.25) is 0 Å². The molecule has 138 valence electrons. The molecule has 4 aromatic rings. The SMILES string of the molecule is Cc1cccc(-c2cc(C)nc(-c3cc(-c4cccc(C)c4)cc(C)n3)c2)c1. The lowest BCUT2D eigenvalue weighted by Crippen LogP contribution is -1.95. The molecule has 0 aliphatic carbocycles. The molecule has 0 bridgehead atoms. The minimum atomic E-state index is 0.911. The molecule has 0 aliphatic rings. The smallest absolute Gasteiger partial charge is 0.0895 e. The van der Waals surface area contributed by atoms with Crippen molar-refractivity contribution in [2.24, 2.45) is 0 Å². The second-order valence-electron chi connectivity index (χ2n) is 7.50. The van der Waals surface area contributed by atoms with Gasteiger partial charge >= 0.3 is 0 Å². The Morgan fingerprint density at radius 2 is 0.893 bits per heavy atom. The van der Waals surface area contributed by atoms with Gasteiger partial charge in [0, 0.05) is 11.4 Å². The van der Waals surface area contributed by atoms with Crippen molar-refractivity contribution in [3.8, 4) is 33.6 Å². The van der Waals surface area contributed by atoms with Crippen LogP contribution in [0.25, 0.3) is 33.6 Å². The summed E-state index contributed by atoms with van der Waals surface area (Å²) in [4.78, 5) is 9.57. The lowest BCUT2D eigenvalue weighted by atomic mass is 10.00. The van der Waals surface area contributed by atoms with E-state index in [9.17, 15) is 0 Å². The van der Waals surface area contributed by atoms with Crippen molar-refractivity contribution < 1.29 is 0 Å². The molecule has 2 heteroatoms. The number of hydrogen-bond acceptors (Lipinski definition) is 2. The van der Waals surface area contributed by atoms with Gasteiger partial charge in [-0.2, -0.15) is 0 Å². The van der Waals surface area contributed by atoms with E-state index in [0.29, 0.717) is 0 Å². The summed E-state index contributed by atoms with van der Waals surface area (Å²) in [5, 5.41) is 0. The summed E-state index contributed by atoms with van der Waals surface area (Å²) in [5.74, 6) is 0. The van der Waals surface area contributed by atoms with E-state index < -0.39 is 0 Å². The average Bonchev–Trinajstić information content (AvgIpc) is 2.67. The van der Waals surface area contributed by atoms with Crippen molar-refractivity contribution in [2.75, 3.05) is 0 Å². The first-order valence-electron chi connectivity index (χ1n) is 9.60. The maximum atomic E-state index is 4.78. The van der Waals surface area contributed by atoms with Gasteiger partial charge in [-0.3, -0.25) is 9.97 Å². The van der Waals surface area contributed by atoms with Crippen LogP contribution in [0.1, 0.15) is 22.5 Å². The summed E-state index contributed by atoms with van der Waals surface area (Å²) in [6.45, 7) is 8.32. The summed E-state index contributed by atoms with van der Waals surface area (Å²) < 4.78 is 0. The molecular weight excluding hydrogens is 340 g/mol. The molecule has 0 amide bonds. The summed E-state index contributed by atoms with van der Waals surface area (Å²) in [6.07, 6.45) is 0. The summed E-state index contributed by atoms with van der Waals surface area (Å²) in [6, 6.07) is 25.7. The van der Waals surface area contributed by atoms with Crippen molar-refractivity contribution >= 4 is 0 Å². The second-order valence-corrected chi connectivity index (χ2v) is 7.50. The fourth-order valence-electron chi connectivity index (χ4n) is 3.58. The van der Waals surface area contributed by atoms with Crippen LogP contribution in [0.5, 0.6) is 0 Å². The average molecular weight is 364 g/mol. The van der Waals surface area contributed by atoms with Gasteiger partial charge < -0.3 is 0 Å². The first-order chi connectivity index (χ1) is 13.5. The van der Waals surface area contributed by atoms with Gasteiger partial charge in [-0.25, -0.2) is 0 Å². The lowest BCUT2D eigenvalue weighted by Gasteiger charge is -2.11. The van der Waals surface area contributed by atoms with Crippen molar-refractivity contribution in [1.29, 1.82) is 0 Å². The van der Waals surface area contributed by atoms with Crippen LogP contribution >= 0.6 is 0 Å². The second kappa shape index (κ2) is 7.40. The van der Waals surface area contributed by atoms with E-state index in [1.54, 1.807) is 0 Å². The predicted molar refractivity (Wildman–Crippen MR) is 117 cm³/mol. The Kier molecular flexibility index (Phi) is 4.79. The number of aryl methyl sites for hydroxylation is 4. The largest absolute Gasteiger partial charge is 0.251 e. The molecule has 0 fully saturated rings. The highest BCUT2D eigenvalue weighted by molar-refractivity contribution is 5.74. The van der Waals surface area contributed by atoms with Gasteiger partial charge in [0.15, 0.2) is 0 Å². The van der Waals surface area contributed by atoms with Crippen LogP contribution in [0.3, 0.4) is 0 Å². The van der Waals surface area contributed by atoms with Crippen LogP contribution in [0.2, 0.25) is 0 Å². The van der Waals surface area contributed by atoms with Gasteiger partial charge in [0.1, 0.15) is 0 Å². The molecule has 0 radical (unpaired) electrons. The topological polar surface area (TPSA) is 25.8 Å². The highest BCUT2D eigenvalue weighted by Gasteiger charge is 2.10. The van der Waals surface area contributed by atoms with E-state index in [2.05, 4.69) is 86.6 Å². The van der Waals surface area contributed by atoms with Crippen molar-refractivity contribution in [3.63, 3.8) is 0 Å². The molecule has 4 rings (SSSR count). The van der Waals surface area contributed by atoms with E-state index in [4.69, 9.17) is 9.97 Å². The summed E-state index contributed by atoms with van der Waals surface area (Å²) >= 11 is 0. The third kappa shape index (κ3) is 3.86. The summed E-state index contributed by atoms with van der Waals surface area (Å²) in [7, 11) is 0. The molecule has 0 unspecified atom stereocenters. The highest BCUT2D eigenvalue weighted by Crippen LogP contribution is 2.29. The lowest BCUT2D eigenvalue weighted by molar-refractivity contribution is 1.15. The maximum absolute atomic E-state index is 4.78. The number of rotatable bonds is 3. The van der Waals surface area contributed by atoms with Gasteiger partial charge in [-0.1, -0.05) is 59.7 Å². The van der Waals surface area contributed by atoms with Crippen LogP contribution in [-0.4, -0.2) is 9.97 Å². The quantitative estimate of drug-likeness (QED) is 0.404.